The van der Waals surface area contributed by atoms with Crippen molar-refractivity contribution in [3.63, 3.8) is 0 Å². The topological polar surface area (TPSA) is 115 Å². The molecule has 24 heavy (non-hydrogen) atoms. The Morgan fingerprint density at radius 3 is 0.917 bits per heavy atom. The van der Waals surface area contributed by atoms with E-state index in [1.165, 1.54) is 27.7 Å². The van der Waals surface area contributed by atoms with E-state index in [4.69, 9.17) is 0 Å². The second kappa shape index (κ2) is 7.12. The molecule has 0 bridgehead atoms. The maximum absolute atomic E-state index is 11.9. The van der Waals surface area contributed by atoms with Crippen LogP contribution >= 0.6 is 78.9 Å². The second-order valence-electron chi connectivity index (χ2n) is 6.21. The molecule has 0 saturated heterocycles. The van der Waals surface area contributed by atoms with Crippen molar-refractivity contribution in [1.29, 1.82) is 0 Å². The highest BCUT2D eigenvalue weighted by Crippen LogP contribution is 2.65. The minimum absolute atomic E-state index is 0.278. The SMILES string of the molecule is CC(C)(c1c(Br)c(Br)c(C(C)(C)P(=O)(O)O)c(Br)c1Br)P(=O)(O)O. The summed E-state index contributed by atoms with van der Waals surface area (Å²) in [4.78, 5) is 38.8. The molecule has 0 aliphatic heterocycles. The van der Waals surface area contributed by atoms with Gasteiger partial charge in [-0.1, -0.05) is 0 Å². The normalized spacial score (nSPS) is 14.2. The van der Waals surface area contributed by atoms with Gasteiger partial charge in [-0.2, -0.15) is 0 Å². The predicted octanol–water partition coefficient (Wildman–Crippen LogP) is 5.56. The molecule has 0 fully saturated rings. The molecule has 0 heterocycles. The van der Waals surface area contributed by atoms with Crippen molar-refractivity contribution >= 4 is 78.9 Å². The van der Waals surface area contributed by atoms with E-state index in [2.05, 4.69) is 63.7 Å². The van der Waals surface area contributed by atoms with Crippen LogP contribution in [0.1, 0.15) is 38.8 Å². The molecule has 1 rings (SSSR count). The van der Waals surface area contributed by atoms with Crippen LogP contribution in [0, 0.1) is 0 Å². The van der Waals surface area contributed by atoms with E-state index >= 15 is 0 Å². The van der Waals surface area contributed by atoms with Gasteiger partial charge in [-0.25, -0.2) is 0 Å². The highest BCUT2D eigenvalue weighted by molar-refractivity contribution is 9.14. The Bertz CT molecular complexity index is 686. The molecule has 1 aromatic rings. The van der Waals surface area contributed by atoms with Crippen LogP contribution in [0.5, 0.6) is 0 Å². The molecule has 0 saturated carbocycles. The third-order valence-electron chi connectivity index (χ3n) is 3.94. The molecule has 138 valence electrons. The number of benzene rings is 1. The molecule has 4 N–H and O–H groups in total. The molecule has 0 aromatic heterocycles. The third-order valence-corrected chi connectivity index (χ3v) is 11.5. The van der Waals surface area contributed by atoms with Crippen molar-refractivity contribution in [2.24, 2.45) is 0 Å². The van der Waals surface area contributed by atoms with Crippen molar-refractivity contribution in [1.82, 2.24) is 0 Å². The van der Waals surface area contributed by atoms with Crippen LogP contribution < -0.4 is 0 Å². The zero-order chi connectivity index (χ0) is 19.5. The number of hydrogen-bond acceptors (Lipinski definition) is 2. The highest BCUT2D eigenvalue weighted by atomic mass is 79.9. The Kier molecular flexibility index (Phi) is 6.96. The lowest BCUT2D eigenvalue weighted by atomic mass is 9.96. The predicted molar refractivity (Wildman–Crippen MR) is 107 cm³/mol. The van der Waals surface area contributed by atoms with Crippen molar-refractivity contribution in [3.05, 3.63) is 29.0 Å². The fourth-order valence-corrected chi connectivity index (χ4v) is 7.74. The van der Waals surface area contributed by atoms with Gasteiger partial charge in [0.25, 0.3) is 0 Å². The van der Waals surface area contributed by atoms with Gasteiger partial charge in [0.05, 0.1) is 10.3 Å². The zero-order valence-corrected chi connectivity index (χ0v) is 21.1. The molecule has 0 spiro atoms. The summed E-state index contributed by atoms with van der Waals surface area (Å²) in [7, 11) is -9.06. The minimum Gasteiger partial charge on any atom is -0.324 e. The number of halogens is 4. The fraction of sp³-hybridized carbons (Fsp3) is 0.500. The lowest BCUT2D eigenvalue weighted by Crippen LogP contribution is -2.23. The van der Waals surface area contributed by atoms with Crippen molar-refractivity contribution in [2.45, 2.75) is 38.0 Å². The van der Waals surface area contributed by atoms with Gasteiger partial charge in [-0.3, -0.25) is 9.13 Å². The van der Waals surface area contributed by atoms with Crippen LogP contribution in [-0.4, -0.2) is 19.6 Å². The monoisotopic (exact) mass is 634 g/mol. The zero-order valence-electron chi connectivity index (χ0n) is 13.0. The Labute approximate surface area is 173 Å². The second-order valence-corrected chi connectivity index (χ2v) is 13.8. The number of hydrogen-bond donors (Lipinski definition) is 4. The van der Waals surface area contributed by atoms with E-state index in [0.717, 1.165) is 0 Å². The van der Waals surface area contributed by atoms with E-state index < -0.39 is 25.5 Å². The van der Waals surface area contributed by atoms with Gasteiger partial charge in [0, 0.05) is 29.0 Å². The average molecular weight is 638 g/mol. The molecule has 12 heteroatoms. The summed E-state index contributed by atoms with van der Waals surface area (Å²) >= 11 is 13.2. The third kappa shape index (κ3) is 3.84. The van der Waals surface area contributed by atoms with E-state index in [1.54, 1.807) is 0 Å². The van der Waals surface area contributed by atoms with Crippen LogP contribution in [0.3, 0.4) is 0 Å². The van der Waals surface area contributed by atoms with Gasteiger partial charge in [0.2, 0.25) is 0 Å². The first-order chi connectivity index (χ1) is 10.4. The van der Waals surface area contributed by atoms with E-state index in [0.29, 0.717) is 17.9 Å². The highest BCUT2D eigenvalue weighted by Gasteiger charge is 2.47. The molecule has 6 nitrogen and oxygen atoms in total. The van der Waals surface area contributed by atoms with E-state index in [-0.39, 0.29) is 11.1 Å². The Hall–Kier alpha value is 1.44. The first-order valence-corrected chi connectivity index (χ1v) is 12.8. The quantitative estimate of drug-likeness (QED) is 0.254. The molecule has 0 radical (unpaired) electrons. The van der Waals surface area contributed by atoms with Crippen LogP contribution in [0.15, 0.2) is 17.9 Å². The minimum atomic E-state index is -4.53. The molecule has 0 aliphatic carbocycles. The van der Waals surface area contributed by atoms with Crippen LogP contribution in [-0.2, 0) is 19.4 Å². The molecular formula is C12H16Br4O6P2. The Morgan fingerprint density at radius 1 is 0.625 bits per heavy atom. The van der Waals surface area contributed by atoms with E-state index in [9.17, 15) is 28.7 Å². The van der Waals surface area contributed by atoms with Crippen molar-refractivity contribution in [3.8, 4) is 0 Å². The molecule has 1 aromatic carbocycles. The average Bonchev–Trinajstić information content (AvgIpc) is 2.33. The maximum atomic E-state index is 11.9. The standard InChI is InChI=1S/C12H16Br4O6P2/c1-11(2,23(17,18)19)5-7(13)9(15)6(10(16)8(5)14)12(3,4)24(20,21)22/h1-4H3,(H2,17,18,19)(H2,20,21,22). The molecule has 0 aliphatic rings. The van der Waals surface area contributed by atoms with Crippen LogP contribution in [0.4, 0.5) is 0 Å². The Morgan fingerprint density at radius 2 is 0.792 bits per heavy atom. The summed E-state index contributed by atoms with van der Waals surface area (Å²) in [5.74, 6) is 0. The van der Waals surface area contributed by atoms with Crippen molar-refractivity contribution in [2.75, 3.05) is 0 Å². The van der Waals surface area contributed by atoms with Gasteiger partial charge < -0.3 is 19.6 Å². The smallest absolute Gasteiger partial charge is 0.324 e. The van der Waals surface area contributed by atoms with Gasteiger partial charge in [0.15, 0.2) is 0 Å². The summed E-state index contributed by atoms with van der Waals surface area (Å²) < 4.78 is 25.1. The van der Waals surface area contributed by atoms with Gasteiger partial charge in [-0.15, -0.1) is 0 Å². The van der Waals surface area contributed by atoms with Gasteiger partial charge in [0.1, 0.15) is 0 Å². The van der Waals surface area contributed by atoms with Gasteiger partial charge in [-0.05, 0) is 91.4 Å². The molecular weight excluding hydrogens is 622 g/mol. The van der Waals surface area contributed by atoms with Crippen molar-refractivity contribution < 1.29 is 28.7 Å². The summed E-state index contributed by atoms with van der Waals surface area (Å²) in [5.41, 5.74) is 0.555. The molecule has 0 amide bonds. The number of rotatable bonds is 4. The summed E-state index contributed by atoms with van der Waals surface area (Å²) in [6.45, 7) is 5.58. The van der Waals surface area contributed by atoms with Gasteiger partial charge >= 0.3 is 15.2 Å². The Balaban J connectivity index is 3.98. The first kappa shape index (κ1) is 23.5. The van der Waals surface area contributed by atoms with Crippen LogP contribution in [0.25, 0.3) is 0 Å². The largest absolute Gasteiger partial charge is 0.335 e. The summed E-state index contributed by atoms with van der Waals surface area (Å²) in [6.07, 6.45) is 0. The summed E-state index contributed by atoms with van der Waals surface area (Å²) in [5, 5.41) is -3.08. The maximum Gasteiger partial charge on any atom is 0.335 e. The molecule has 0 atom stereocenters. The molecule has 0 unspecified atom stereocenters. The van der Waals surface area contributed by atoms with Crippen LogP contribution in [0.2, 0.25) is 0 Å². The lowest BCUT2D eigenvalue weighted by Gasteiger charge is -2.34. The first-order valence-electron chi connectivity index (χ1n) is 6.37. The summed E-state index contributed by atoms with van der Waals surface area (Å²) in [6, 6.07) is 0. The van der Waals surface area contributed by atoms with E-state index in [1.807, 2.05) is 0 Å². The lowest BCUT2D eigenvalue weighted by molar-refractivity contribution is 0.334. The fourth-order valence-electron chi connectivity index (χ4n) is 2.00.